The fourth-order valence-corrected chi connectivity index (χ4v) is 4.32. The van der Waals surface area contributed by atoms with Crippen LogP contribution in [0.4, 0.5) is 0 Å². The molecular formula is C17H26N2O4S. The molecule has 6 nitrogen and oxygen atoms in total. The van der Waals surface area contributed by atoms with E-state index < -0.39 is 10.0 Å². The quantitative estimate of drug-likeness (QED) is 0.664. The maximum atomic E-state index is 12.3. The first kappa shape index (κ1) is 18.9. The van der Waals surface area contributed by atoms with Gasteiger partial charge in [-0.25, -0.2) is 8.42 Å². The monoisotopic (exact) mass is 354 g/mol. The third kappa shape index (κ3) is 5.03. The van der Waals surface area contributed by atoms with E-state index in [-0.39, 0.29) is 11.5 Å². The van der Waals surface area contributed by atoms with Gasteiger partial charge in [0.05, 0.1) is 19.4 Å². The van der Waals surface area contributed by atoms with Crippen molar-refractivity contribution in [3.63, 3.8) is 0 Å². The highest BCUT2D eigenvalue weighted by atomic mass is 32.2. The summed E-state index contributed by atoms with van der Waals surface area (Å²) in [4.78, 5) is 14.3. The predicted molar refractivity (Wildman–Crippen MR) is 94.0 cm³/mol. The Labute approximate surface area is 144 Å². The van der Waals surface area contributed by atoms with Crippen molar-refractivity contribution in [2.45, 2.75) is 19.8 Å². The molecule has 0 unspecified atom stereocenters. The number of hydrogen-bond donors (Lipinski definition) is 0. The number of carbonyl (C=O) groups is 1. The molecular weight excluding hydrogens is 328 g/mol. The topological polar surface area (TPSA) is 66.9 Å². The fraction of sp³-hybridized carbons (Fsp3) is 0.588. The number of unbranched alkanes of at least 4 members (excludes halogenated alkanes) is 1. The van der Waals surface area contributed by atoms with E-state index in [2.05, 4.69) is 0 Å². The van der Waals surface area contributed by atoms with Crippen LogP contribution in [-0.2, 0) is 10.0 Å². The van der Waals surface area contributed by atoms with E-state index in [9.17, 15) is 13.2 Å². The summed E-state index contributed by atoms with van der Waals surface area (Å²) in [6, 6.07) is 7.05. The van der Waals surface area contributed by atoms with Crippen LogP contribution in [-0.4, -0.2) is 69.0 Å². The van der Waals surface area contributed by atoms with Gasteiger partial charge in [0.25, 0.3) is 0 Å². The molecule has 0 aliphatic carbocycles. The molecule has 7 heteroatoms. The Morgan fingerprint density at radius 1 is 1.12 bits per heavy atom. The van der Waals surface area contributed by atoms with Gasteiger partial charge in [0.15, 0.2) is 5.78 Å². The lowest BCUT2D eigenvalue weighted by Gasteiger charge is -2.33. The lowest BCUT2D eigenvalue weighted by Crippen LogP contribution is -2.50. The van der Waals surface area contributed by atoms with Crippen molar-refractivity contribution in [1.29, 1.82) is 0 Å². The van der Waals surface area contributed by atoms with Crippen molar-refractivity contribution in [3.8, 4) is 5.75 Å². The molecule has 0 bridgehead atoms. The summed E-state index contributed by atoms with van der Waals surface area (Å²) in [6.45, 7) is 4.40. The minimum atomic E-state index is -3.15. The Bertz CT molecular complexity index is 635. The van der Waals surface area contributed by atoms with Gasteiger partial charge in [-0.2, -0.15) is 4.31 Å². The molecule has 0 N–H and O–H groups in total. The van der Waals surface area contributed by atoms with Gasteiger partial charge in [0.1, 0.15) is 5.75 Å². The van der Waals surface area contributed by atoms with Gasteiger partial charge in [0.2, 0.25) is 10.0 Å². The van der Waals surface area contributed by atoms with Gasteiger partial charge in [-0.3, -0.25) is 9.69 Å². The van der Waals surface area contributed by atoms with Crippen LogP contribution in [0.25, 0.3) is 0 Å². The molecule has 1 aliphatic rings. The number of Topliss-reactive ketones (excluding diaryl/α,β-unsaturated/α-hetero) is 1. The number of ketones is 1. The largest absolute Gasteiger partial charge is 0.497 e. The van der Waals surface area contributed by atoms with E-state index >= 15 is 0 Å². The number of nitrogens with zero attached hydrogens (tertiary/aromatic N) is 2. The number of rotatable bonds is 8. The average Bonchev–Trinajstić information content (AvgIpc) is 2.60. The summed E-state index contributed by atoms with van der Waals surface area (Å²) in [7, 11) is -1.56. The van der Waals surface area contributed by atoms with Crippen LogP contribution in [0.2, 0.25) is 0 Å². The number of hydrogen-bond acceptors (Lipinski definition) is 5. The molecule has 0 saturated carbocycles. The number of sulfonamides is 1. The van der Waals surface area contributed by atoms with Crippen LogP contribution >= 0.6 is 0 Å². The minimum Gasteiger partial charge on any atom is -0.497 e. The fourth-order valence-electron chi connectivity index (χ4n) is 2.69. The van der Waals surface area contributed by atoms with E-state index in [0.29, 0.717) is 44.7 Å². The average molecular weight is 354 g/mol. The minimum absolute atomic E-state index is 0.0416. The first-order valence-corrected chi connectivity index (χ1v) is 9.94. The summed E-state index contributed by atoms with van der Waals surface area (Å²) in [5.74, 6) is 0.978. The summed E-state index contributed by atoms with van der Waals surface area (Å²) in [5, 5.41) is 0. The van der Waals surface area contributed by atoms with Crippen LogP contribution in [0.15, 0.2) is 24.3 Å². The second-order valence-corrected chi connectivity index (χ2v) is 8.08. The SMILES string of the molecule is CCCCS(=O)(=O)N1CCN(CC(=O)c2ccc(OC)cc2)CC1. The van der Waals surface area contributed by atoms with Crippen LogP contribution in [0.5, 0.6) is 5.75 Å². The highest BCUT2D eigenvalue weighted by Gasteiger charge is 2.27. The Kier molecular flexibility index (Phi) is 6.77. The summed E-state index contributed by atoms with van der Waals surface area (Å²) in [6.07, 6.45) is 1.56. The molecule has 0 atom stereocenters. The zero-order valence-corrected chi connectivity index (χ0v) is 15.2. The maximum Gasteiger partial charge on any atom is 0.214 e. The molecule has 1 aromatic rings. The van der Waals surface area contributed by atoms with Crippen molar-refractivity contribution in [2.75, 3.05) is 45.6 Å². The number of carbonyl (C=O) groups excluding carboxylic acids is 1. The standard InChI is InChI=1S/C17H26N2O4S/c1-3-4-13-24(21,22)19-11-9-18(10-12-19)14-17(20)15-5-7-16(23-2)8-6-15/h5-8H,3-4,9-14H2,1-2H3. The van der Waals surface area contributed by atoms with E-state index in [4.69, 9.17) is 4.74 Å². The first-order chi connectivity index (χ1) is 11.5. The zero-order valence-electron chi connectivity index (χ0n) is 14.4. The lowest BCUT2D eigenvalue weighted by atomic mass is 10.1. The summed E-state index contributed by atoms with van der Waals surface area (Å²) >= 11 is 0. The Morgan fingerprint density at radius 3 is 2.29 bits per heavy atom. The van der Waals surface area contributed by atoms with Crippen LogP contribution < -0.4 is 4.74 Å². The molecule has 0 amide bonds. The van der Waals surface area contributed by atoms with Gasteiger partial charge in [-0.1, -0.05) is 13.3 Å². The first-order valence-electron chi connectivity index (χ1n) is 8.33. The molecule has 1 aliphatic heterocycles. The van der Waals surface area contributed by atoms with Crippen molar-refractivity contribution >= 4 is 15.8 Å². The summed E-state index contributed by atoms with van der Waals surface area (Å²) in [5.41, 5.74) is 0.647. The third-order valence-corrected chi connectivity index (χ3v) is 6.22. The van der Waals surface area contributed by atoms with Crippen molar-refractivity contribution in [1.82, 2.24) is 9.21 Å². The van der Waals surface area contributed by atoms with Crippen molar-refractivity contribution < 1.29 is 17.9 Å². The van der Waals surface area contributed by atoms with E-state index in [1.807, 2.05) is 11.8 Å². The van der Waals surface area contributed by atoms with Gasteiger partial charge in [-0.05, 0) is 30.7 Å². The molecule has 1 fully saturated rings. The molecule has 1 aromatic carbocycles. The van der Waals surface area contributed by atoms with Gasteiger partial charge in [0, 0.05) is 31.7 Å². The van der Waals surface area contributed by atoms with E-state index in [1.165, 1.54) is 0 Å². The third-order valence-electron chi connectivity index (χ3n) is 4.26. The molecule has 0 aromatic heterocycles. The highest BCUT2D eigenvalue weighted by Crippen LogP contribution is 2.14. The van der Waals surface area contributed by atoms with Gasteiger partial charge < -0.3 is 4.74 Å². The smallest absolute Gasteiger partial charge is 0.214 e. The van der Waals surface area contributed by atoms with Crippen LogP contribution in [0.3, 0.4) is 0 Å². The van der Waals surface area contributed by atoms with Crippen LogP contribution in [0.1, 0.15) is 30.1 Å². The normalized spacial score (nSPS) is 16.9. The number of piperazine rings is 1. The summed E-state index contributed by atoms with van der Waals surface area (Å²) < 4.78 is 31.0. The number of methoxy groups -OCH3 is 1. The number of benzene rings is 1. The van der Waals surface area contributed by atoms with Crippen molar-refractivity contribution in [2.24, 2.45) is 0 Å². The van der Waals surface area contributed by atoms with E-state index in [1.54, 1.807) is 35.7 Å². The highest BCUT2D eigenvalue weighted by molar-refractivity contribution is 7.89. The van der Waals surface area contributed by atoms with Crippen LogP contribution in [0, 0.1) is 0 Å². The lowest BCUT2D eigenvalue weighted by molar-refractivity contribution is 0.0901. The molecule has 1 saturated heterocycles. The molecule has 134 valence electrons. The molecule has 0 radical (unpaired) electrons. The van der Waals surface area contributed by atoms with E-state index in [0.717, 1.165) is 12.2 Å². The Balaban J connectivity index is 1.85. The second kappa shape index (κ2) is 8.60. The van der Waals surface area contributed by atoms with Gasteiger partial charge >= 0.3 is 0 Å². The Hall–Kier alpha value is -1.44. The Morgan fingerprint density at radius 2 is 1.75 bits per heavy atom. The zero-order chi connectivity index (χ0) is 17.6. The molecule has 24 heavy (non-hydrogen) atoms. The predicted octanol–water partition coefficient (Wildman–Crippen LogP) is 1.63. The molecule has 0 spiro atoms. The molecule has 1 heterocycles. The van der Waals surface area contributed by atoms with Gasteiger partial charge in [-0.15, -0.1) is 0 Å². The second-order valence-electron chi connectivity index (χ2n) is 6.00. The van der Waals surface area contributed by atoms with Crippen molar-refractivity contribution in [3.05, 3.63) is 29.8 Å². The maximum absolute atomic E-state index is 12.3. The molecule has 2 rings (SSSR count). The number of ether oxygens (including phenoxy) is 1.